The van der Waals surface area contributed by atoms with Gasteiger partial charge in [0.25, 0.3) is 0 Å². The molecule has 0 radical (unpaired) electrons. The Morgan fingerprint density at radius 2 is 2.14 bits per heavy atom. The van der Waals surface area contributed by atoms with Crippen molar-refractivity contribution < 1.29 is 9.53 Å². The summed E-state index contributed by atoms with van der Waals surface area (Å²) in [6.45, 7) is 2.28. The van der Waals surface area contributed by atoms with Crippen molar-refractivity contribution in [2.75, 3.05) is 7.11 Å². The van der Waals surface area contributed by atoms with Crippen LogP contribution in [0.3, 0.4) is 0 Å². The van der Waals surface area contributed by atoms with Gasteiger partial charge in [0.05, 0.1) is 19.3 Å². The van der Waals surface area contributed by atoms with E-state index in [0.29, 0.717) is 23.0 Å². The van der Waals surface area contributed by atoms with Crippen molar-refractivity contribution in [1.29, 1.82) is 5.26 Å². The summed E-state index contributed by atoms with van der Waals surface area (Å²) >= 11 is 6.32. The molecule has 0 unspecified atom stereocenters. The van der Waals surface area contributed by atoms with E-state index in [9.17, 15) is 4.79 Å². The Morgan fingerprint density at radius 3 is 2.73 bits per heavy atom. The SMILES string of the molecule is COC(=O)/C(C#N)=C/c1c(C)nn(Cc2ccccc2)c1Cl. The Balaban J connectivity index is 2.37. The van der Waals surface area contributed by atoms with Gasteiger partial charge in [-0.05, 0) is 18.6 Å². The number of esters is 1. The summed E-state index contributed by atoms with van der Waals surface area (Å²) in [5, 5.41) is 13.8. The normalized spacial score (nSPS) is 11.1. The first-order valence-electron chi connectivity index (χ1n) is 6.53. The highest BCUT2D eigenvalue weighted by atomic mass is 35.5. The lowest BCUT2D eigenvalue weighted by molar-refractivity contribution is -0.135. The maximum Gasteiger partial charge on any atom is 0.348 e. The third-order valence-electron chi connectivity index (χ3n) is 3.10. The molecule has 22 heavy (non-hydrogen) atoms. The van der Waals surface area contributed by atoms with Crippen LogP contribution in [0.5, 0.6) is 0 Å². The molecule has 0 aliphatic carbocycles. The number of aromatic nitrogens is 2. The van der Waals surface area contributed by atoms with Crippen LogP contribution in [-0.2, 0) is 16.1 Å². The fraction of sp³-hybridized carbons (Fsp3) is 0.188. The van der Waals surface area contributed by atoms with Crippen molar-refractivity contribution in [2.45, 2.75) is 13.5 Å². The second-order valence-corrected chi connectivity index (χ2v) is 4.95. The van der Waals surface area contributed by atoms with Crippen LogP contribution in [0.25, 0.3) is 6.08 Å². The smallest absolute Gasteiger partial charge is 0.348 e. The Hall–Kier alpha value is -2.58. The van der Waals surface area contributed by atoms with E-state index < -0.39 is 5.97 Å². The molecule has 112 valence electrons. The summed E-state index contributed by atoms with van der Waals surface area (Å²) in [6, 6.07) is 11.6. The highest BCUT2D eigenvalue weighted by Crippen LogP contribution is 2.23. The first-order valence-corrected chi connectivity index (χ1v) is 6.91. The van der Waals surface area contributed by atoms with Gasteiger partial charge in [-0.3, -0.25) is 0 Å². The molecule has 0 bridgehead atoms. The Labute approximate surface area is 133 Å². The largest absolute Gasteiger partial charge is 0.465 e. The molecular weight excluding hydrogens is 302 g/mol. The van der Waals surface area contributed by atoms with Crippen molar-refractivity contribution in [2.24, 2.45) is 0 Å². The second kappa shape index (κ2) is 6.92. The Kier molecular flexibility index (Phi) is 4.97. The van der Waals surface area contributed by atoms with E-state index in [0.717, 1.165) is 5.56 Å². The maximum absolute atomic E-state index is 11.5. The fourth-order valence-corrected chi connectivity index (χ4v) is 2.27. The summed E-state index contributed by atoms with van der Waals surface area (Å²) in [6.07, 6.45) is 1.40. The summed E-state index contributed by atoms with van der Waals surface area (Å²) in [5.41, 5.74) is 2.11. The van der Waals surface area contributed by atoms with Crippen LogP contribution in [0.15, 0.2) is 35.9 Å². The van der Waals surface area contributed by atoms with Crippen LogP contribution in [0, 0.1) is 18.3 Å². The molecule has 0 saturated heterocycles. The highest BCUT2D eigenvalue weighted by Gasteiger charge is 2.16. The fourth-order valence-electron chi connectivity index (χ4n) is 1.98. The molecule has 0 atom stereocenters. The van der Waals surface area contributed by atoms with Gasteiger partial charge in [0.15, 0.2) is 0 Å². The van der Waals surface area contributed by atoms with Gasteiger partial charge in [-0.25, -0.2) is 9.48 Å². The molecule has 0 saturated carbocycles. The number of methoxy groups -OCH3 is 1. The van der Waals surface area contributed by atoms with Crippen molar-refractivity contribution in [3.63, 3.8) is 0 Å². The molecule has 1 heterocycles. The number of hydrogen-bond acceptors (Lipinski definition) is 4. The molecule has 1 aromatic carbocycles. The zero-order valence-corrected chi connectivity index (χ0v) is 13.0. The summed E-state index contributed by atoms with van der Waals surface area (Å²) in [7, 11) is 1.22. The predicted octanol–water partition coefficient (Wildman–Crippen LogP) is 2.97. The predicted molar refractivity (Wildman–Crippen MR) is 83.1 cm³/mol. The number of benzene rings is 1. The monoisotopic (exact) mass is 315 g/mol. The average molecular weight is 316 g/mol. The van der Waals surface area contributed by atoms with Gasteiger partial charge < -0.3 is 4.74 Å². The van der Waals surface area contributed by atoms with Crippen LogP contribution >= 0.6 is 11.6 Å². The molecule has 2 rings (SSSR count). The number of nitrogens with zero attached hydrogens (tertiary/aromatic N) is 3. The third kappa shape index (κ3) is 3.35. The van der Waals surface area contributed by atoms with Gasteiger partial charge in [0.1, 0.15) is 16.8 Å². The van der Waals surface area contributed by atoms with Crippen LogP contribution in [-0.4, -0.2) is 22.9 Å². The van der Waals surface area contributed by atoms with Gasteiger partial charge >= 0.3 is 5.97 Å². The second-order valence-electron chi connectivity index (χ2n) is 4.59. The highest BCUT2D eigenvalue weighted by molar-refractivity contribution is 6.31. The summed E-state index contributed by atoms with van der Waals surface area (Å²) in [4.78, 5) is 11.5. The van der Waals surface area contributed by atoms with Gasteiger partial charge in [-0.15, -0.1) is 0 Å². The number of aryl methyl sites for hydroxylation is 1. The zero-order chi connectivity index (χ0) is 16.1. The topological polar surface area (TPSA) is 67.9 Å². The van der Waals surface area contributed by atoms with Gasteiger partial charge in [0.2, 0.25) is 0 Å². The molecular formula is C16H14ClN3O2. The van der Waals surface area contributed by atoms with Crippen LogP contribution in [0.1, 0.15) is 16.8 Å². The van der Waals surface area contributed by atoms with Crippen LogP contribution in [0.4, 0.5) is 0 Å². The molecule has 5 nitrogen and oxygen atoms in total. The molecule has 0 amide bonds. The number of hydrogen-bond donors (Lipinski definition) is 0. The number of ether oxygens (including phenoxy) is 1. The van der Waals surface area contributed by atoms with E-state index in [4.69, 9.17) is 16.9 Å². The number of rotatable bonds is 4. The number of carbonyl (C=O) groups is 1. The minimum Gasteiger partial charge on any atom is -0.465 e. The quantitative estimate of drug-likeness (QED) is 0.494. The standard InChI is InChI=1S/C16H14ClN3O2/c1-11-14(8-13(9-18)16(21)22-2)15(17)20(19-11)10-12-6-4-3-5-7-12/h3-8H,10H2,1-2H3/b13-8+. The average Bonchev–Trinajstić information content (AvgIpc) is 2.79. The lowest BCUT2D eigenvalue weighted by Crippen LogP contribution is -2.03. The Bertz CT molecular complexity index is 758. The lowest BCUT2D eigenvalue weighted by Gasteiger charge is -2.03. The first kappa shape index (κ1) is 15.8. The van der Waals surface area contributed by atoms with E-state index in [1.54, 1.807) is 17.7 Å². The van der Waals surface area contributed by atoms with Crippen molar-refractivity contribution in [3.05, 3.63) is 57.9 Å². The molecule has 0 N–H and O–H groups in total. The van der Waals surface area contributed by atoms with Gasteiger partial charge in [-0.1, -0.05) is 41.9 Å². The first-order chi connectivity index (χ1) is 10.6. The number of halogens is 1. The van der Waals surface area contributed by atoms with E-state index in [1.165, 1.54) is 13.2 Å². The van der Waals surface area contributed by atoms with Crippen molar-refractivity contribution >= 4 is 23.6 Å². The molecule has 6 heteroatoms. The number of carbonyl (C=O) groups excluding carboxylic acids is 1. The summed E-state index contributed by atoms with van der Waals surface area (Å²) in [5.74, 6) is -0.700. The maximum atomic E-state index is 11.5. The van der Waals surface area contributed by atoms with Crippen LogP contribution < -0.4 is 0 Å². The number of nitriles is 1. The van der Waals surface area contributed by atoms with E-state index in [1.807, 2.05) is 30.3 Å². The van der Waals surface area contributed by atoms with Gasteiger partial charge in [-0.2, -0.15) is 10.4 Å². The molecule has 1 aromatic heterocycles. The minimum atomic E-state index is -0.700. The summed E-state index contributed by atoms with van der Waals surface area (Å²) < 4.78 is 6.19. The minimum absolute atomic E-state index is 0.119. The molecule has 0 spiro atoms. The van der Waals surface area contributed by atoms with E-state index in [-0.39, 0.29) is 5.57 Å². The van der Waals surface area contributed by atoms with Crippen molar-refractivity contribution in [1.82, 2.24) is 9.78 Å². The van der Waals surface area contributed by atoms with Crippen LogP contribution in [0.2, 0.25) is 5.15 Å². The van der Waals surface area contributed by atoms with Crippen molar-refractivity contribution in [3.8, 4) is 6.07 Å². The van der Waals surface area contributed by atoms with E-state index >= 15 is 0 Å². The zero-order valence-electron chi connectivity index (χ0n) is 12.2. The lowest BCUT2D eigenvalue weighted by atomic mass is 10.1. The molecule has 0 aliphatic heterocycles. The molecule has 0 aliphatic rings. The van der Waals surface area contributed by atoms with E-state index in [2.05, 4.69) is 9.84 Å². The third-order valence-corrected chi connectivity index (χ3v) is 3.50. The van der Waals surface area contributed by atoms with Gasteiger partial charge in [0, 0.05) is 5.56 Å². The molecule has 2 aromatic rings. The Morgan fingerprint density at radius 1 is 1.45 bits per heavy atom. The molecule has 0 fully saturated rings.